The Labute approximate surface area is 135 Å². The minimum Gasteiger partial charge on any atom is -0.313 e. The smallest absolute Gasteiger partial charge is 0.212 e. The number of anilines is 1. The zero-order valence-corrected chi connectivity index (χ0v) is 13.9. The average molecular weight is 312 g/mol. The number of allylic oxidation sites excluding steroid dienone is 2. The van der Waals surface area contributed by atoms with Crippen LogP contribution in [0.15, 0.2) is 48.0 Å². The van der Waals surface area contributed by atoms with E-state index in [1.807, 2.05) is 13.0 Å². The van der Waals surface area contributed by atoms with Crippen molar-refractivity contribution >= 4 is 39.7 Å². The van der Waals surface area contributed by atoms with Gasteiger partial charge in [-0.05, 0) is 40.8 Å². The Morgan fingerprint density at radius 2 is 2.09 bits per heavy atom. The zero-order valence-electron chi connectivity index (χ0n) is 13.1. The lowest BCUT2D eigenvalue weighted by Crippen LogP contribution is -1.96. The molecular formula is C18H20N2OS. The quantitative estimate of drug-likeness (QED) is 0.757. The molecule has 0 saturated carbocycles. The number of carbonyl (C=O) groups is 1. The van der Waals surface area contributed by atoms with Gasteiger partial charge in [-0.3, -0.25) is 4.79 Å². The van der Waals surface area contributed by atoms with Crippen molar-refractivity contribution in [3.63, 3.8) is 0 Å². The first-order chi connectivity index (χ1) is 10.5. The summed E-state index contributed by atoms with van der Waals surface area (Å²) >= 11 is 1.68. The molecule has 4 heteroatoms. The summed E-state index contributed by atoms with van der Waals surface area (Å²) in [5.41, 5.74) is 1.15. The number of pyridine rings is 1. The second-order valence-corrected chi connectivity index (χ2v) is 6.81. The fraction of sp³-hybridized carbons (Fsp3) is 0.222. The van der Waals surface area contributed by atoms with Gasteiger partial charge in [-0.2, -0.15) is 0 Å². The molecule has 2 aromatic rings. The number of amides is 1. The van der Waals surface area contributed by atoms with Crippen molar-refractivity contribution in [3.8, 4) is 0 Å². The molecular weight excluding hydrogens is 292 g/mol. The number of thioether (sulfide) groups is 1. The molecule has 0 unspecified atom stereocenters. The van der Waals surface area contributed by atoms with Crippen LogP contribution in [0.4, 0.5) is 5.82 Å². The van der Waals surface area contributed by atoms with E-state index >= 15 is 0 Å². The molecule has 0 saturated heterocycles. The summed E-state index contributed by atoms with van der Waals surface area (Å²) in [6, 6.07) is 8.15. The summed E-state index contributed by atoms with van der Waals surface area (Å²) in [5.74, 6) is 1.02. The van der Waals surface area contributed by atoms with Crippen LogP contribution < -0.4 is 5.32 Å². The zero-order chi connectivity index (χ0) is 16.1. The Kier molecular flexibility index (Phi) is 5.39. The number of hydrogen-bond donors (Lipinski definition) is 1. The molecule has 0 spiro atoms. The normalized spacial score (nSPS) is 11.7. The van der Waals surface area contributed by atoms with E-state index < -0.39 is 0 Å². The molecule has 0 aliphatic carbocycles. The molecule has 0 aliphatic rings. The van der Waals surface area contributed by atoms with E-state index in [1.54, 1.807) is 18.0 Å². The predicted octanol–water partition coefficient (Wildman–Crippen LogP) is 5.07. The van der Waals surface area contributed by atoms with Crippen molar-refractivity contribution < 1.29 is 4.79 Å². The van der Waals surface area contributed by atoms with Crippen LogP contribution in [0.1, 0.15) is 26.3 Å². The van der Waals surface area contributed by atoms with Gasteiger partial charge in [0.05, 0.1) is 0 Å². The standard InChI is InChI=1S/C18H20N2OS/c1-12(2)7-17(22-13(3)4)14-5-6-15-10-19-18(20-11-21)9-16(15)8-14/h5-12H,3H2,1-2,4H3,(H,19,20,21)/b17-7-. The van der Waals surface area contributed by atoms with Crippen LogP contribution in [0.2, 0.25) is 0 Å². The Bertz CT molecular complexity index is 735. The van der Waals surface area contributed by atoms with E-state index in [0.29, 0.717) is 18.1 Å². The number of fused-ring (bicyclic) bond motifs is 1. The van der Waals surface area contributed by atoms with Crippen molar-refractivity contribution in [2.24, 2.45) is 5.92 Å². The molecule has 22 heavy (non-hydrogen) atoms. The summed E-state index contributed by atoms with van der Waals surface area (Å²) < 4.78 is 0. The number of nitrogens with one attached hydrogen (secondary N) is 1. The molecule has 2 rings (SSSR count). The van der Waals surface area contributed by atoms with Crippen LogP contribution in [0.25, 0.3) is 15.7 Å². The lowest BCUT2D eigenvalue weighted by Gasteiger charge is -2.11. The first-order valence-corrected chi connectivity index (χ1v) is 7.97. The second-order valence-electron chi connectivity index (χ2n) is 5.47. The third-order valence-electron chi connectivity index (χ3n) is 2.98. The lowest BCUT2D eigenvalue weighted by atomic mass is 10.1. The molecule has 0 bridgehead atoms. The number of nitrogens with zero attached hydrogens (tertiary/aromatic N) is 1. The van der Waals surface area contributed by atoms with Crippen molar-refractivity contribution in [2.75, 3.05) is 5.32 Å². The largest absolute Gasteiger partial charge is 0.313 e. The van der Waals surface area contributed by atoms with Gasteiger partial charge in [0.25, 0.3) is 0 Å². The Balaban J connectivity index is 2.48. The van der Waals surface area contributed by atoms with Crippen LogP contribution in [0, 0.1) is 5.92 Å². The van der Waals surface area contributed by atoms with E-state index in [4.69, 9.17) is 0 Å². The number of rotatable bonds is 6. The number of hydrogen-bond acceptors (Lipinski definition) is 3. The molecule has 1 aromatic heterocycles. The van der Waals surface area contributed by atoms with Crippen molar-refractivity contribution in [2.45, 2.75) is 20.8 Å². The molecule has 0 atom stereocenters. The lowest BCUT2D eigenvalue weighted by molar-refractivity contribution is -0.105. The first kappa shape index (κ1) is 16.3. The maximum absolute atomic E-state index is 10.6. The molecule has 0 fully saturated rings. The monoisotopic (exact) mass is 312 g/mol. The number of benzene rings is 1. The minimum atomic E-state index is 0.460. The fourth-order valence-electron chi connectivity index (χ4n) is 2.11. The Morgan fingerprint density at radius 1 is 1.32 bits per heavy atom. The maximum atomic E-state index is 10.6. The van der Waals surface area contributed by atoms with Crippen molar-refractivity contribution in [1.82, 2.24) is 4.98 Å². The van der Waals surface area contributed by atoms with E-state index in [-0.39, 0.29) is 0 Å². The summed E-state index contributed by atoms with van der Waals surface area (Å²) in [6.45, 7) is 10.3. The molecule has 0 radical (unpaired) electrons. The van der Waals surface area contributed by atoms with Crippen LogP contribution in [-0.2, 0) is 4.79 Å². The SMILES string of the molecule is C=C(C)S/C(=C\C(C)C)c1ccc2cnc(NC=O)cc2c1. The molecule has 1 aromatic carbocycles. The van der Waals surface area contributed by atoms with E-state index in [1.165, 1.54) is 4.91 Å². The van der Waals surface area contributed by atoms with Gasteiger partial charge in [0.15, 0.2) is 0 Å². The summed E-state index contributed by atoms with van der Waals surface area (Å²) in [4.78, 5) is 17.0. The van der Waals surface area contributed by atoms with Gasteiger partial charge in [0.1, 0.15) is 5.82 Å². The highest BCUT2D eigenvalue weighted by Gasteiger charge is 2.06. The number of carbonyl (C=O) groups excluding carboxylic acids is 1. The van der Waals surface area contributed by atoms with Crippen LogP contribution in [0.3, 0.4) is 0 Å². The third kappa shape index (κ3) is 4.21. The van der Waals surface area contributed by atoms with Gasteiger partial charge >= 0.3 is 0 Å². The van der Waals surface area contributed by atoms with Gasteiger partial charge in [-0.15, -0.1) is 0 Å². The van der Waals surface area contributed by atoms with Crippen molar-refractivity contribution in [3.05, 3.63) is 53.6 Å². The maximum Gasteiger partial charge on any atom is 0.212 e. The van der Waals surface area contributed by atoms with E-state index in [9.17, 15) is 4.79 Å². The molecule has 1 heterocycles. The molecule has 1 N–H and O–H groups in total. The highest BCUT2D eigenvalue weighted by molar-refractivity contribution is 8.11. The van der Waals surface area contributed by atoms with Crippen LogP contribution >= 0.6 is 11.8 Å². The Hall–Kier alpha value is -2.07. The predicted molar refractivity (Wildman–Crippen MR) is 96.6 cm³/mol. The number of aromatic nitrogens is 1. The molecule has 3 nitrogen and oxygen atoms in total. The fourth-order valence-corrected chi connectivity index (χ4v) is 3.07. The molecule has 1 amide bonds. The van der Waals surface area contributed by atoms with Crippen LogP contribution in [-0.4, -0.2) is 11.4 Å². The summed E-state index contributed by atoms with van der Waals surface area (Å²) in [7, 11) is 0. The highest BCUT2D eigenvalue weighted by atomic mass is 32.2. The second kappa shape index (κ2) is 7.27. The topological polar surface area (TPSA) is 42.0 Å². The summed E-state index contributed by atoms with van der Waals surface area (Å²) in [6.07, 6.45) is 4.65. The van der Waals surface area contributed by atoms with Gasteiger partial charge in [-0.1, -0.05) is 50.4 Å². The van der Waals surface area contributed by atoms with E-state index in [2.05, 4.69) is 55.0 Å². The Morgan fingerprint density at radius 3 is 2.73 bits per heavy atom. The van der Waals surface area contributed by atoms with E-state index in [0.717, 1.165) is 21.2 Å². The van der Waals surface area contributed by atoms with Crippen molar-refractivity contribution in [1.29, 1.82) is 0 Å². The van der Waals surface area contributed by atoms with Crippen LogP contribution in [0.5, 0.6) is 0 Å². The van der Waals surface area contributed by atoms with Gasteiger partial charge in [-0.25, -0.2) is 4.98 Å². The van der Waals surface area contributed by atoms with Gasteiger partial charge < -0.3 is 5.32 Å². The summed E-state index contributed by atoms with van der Waals surface area (Å²) in [5, 5.41) is 4.68. The average Bonchev–Trinajstić information content (AvgIpc) is 2.45. The minimum absolute atomic E-state index is 0.460. The third-order valence-corrected chi connectivity index (χ3v) is 3.92. The van der Waals surface area contributed by atoms with Gasteiger partial charge in [0.2, 0.25) is 6.41 Å². The molecule has 114 valence electrons. The first-order valence-electron chi connectivity index (χ1n) is 7.15. The van der Waals surface area contributed by atoms with Gasteiger partial charge in [0, 0.05) is 16.5 Å². The molecule has 0 aliphatic heterocycles. The highest BCUT2D eigenvalue weighted by Crippen LogP contribution is 2.35.